The zero-order valence-corrected chi connectivity index (χ0v) is 12.0. The number of sulfone groups is 1. The second-order valence-electron chi connectivity index (χ2n) is 4.02. The van der Waals surface area contributed by atoms with Gasteiger partial charge in [-0.3, -0.25) is 4.79 Å². The van der Waals surface area contributed by atoms with Gasteiger partial charge in [-0.2, -0.15) is 0 Å². The van der Waals surface area contributed by atoms with Gasteiger partial charge in [-0.1, -0.05) is 12.1 Å². The van der Waals surface area contributed by atoms with Gasteiger partial charge < -0.3 is 5.32 Å². The molecule has 2 rings (SSSR count). The maximum absolute atomic E-state index is 11.3. The van der Waals surface area contributed by atoms with Crippen molar-refractivity contribution in [3.05, 3.63) is 29.6 Å². The number of hydrogen-bond donors (Lipinski definition) is 1. The van der Waals surface area contributed by atoms with E-state index in [2.05, 4.69) is 10.3 Å². The Morgan fingerprint density at radius 1 is 1.26 bits per heavy atom. The van der Waals surface area contributed by atoms with Crippen molar-refractivity contribution in [2.75, 3.05) is 11.6 Å². The maximum atomic E-state index is 11.3. The van der Waals surface area contributed by atoms with Crippen LogP contribution < -0.4 is 5.32 Å². The molecule has 0 fully saturated rings. The number of carbonyl (C=O) groups is 1. The average molecular weight is 296 g/mol. The first-order valence-electron chi connectivity index (χ1n) is 5.40. The molecule has 0 spiro atoms. The van der Waals surface area contributed by atoms with Crippen LogP contribution in [0.15, 0.2) is 34.5 Å². The lowest BCUT2D eigenvalue weighted by Gasteiger charge is -2.00. The Balaban J connectivity index is 2.27. The fourth-order valence-corrected chi connectivity index (χ4v) is 2.88. The number of aromatic nitrogens is 1. The Kier molecular flexibility index (Phi) is 3.68. The van der Waals surface area contributed by atoms with Gasteiger partial charge in [0.2, 0.25) is 5.91 Å². The fourth-order valence-electron chi connectivity index (χ4n) is 1.49. The van der Waals surface area contributed by atoms with Crippen LogP contribution in [-0.2, 0) is 14.6 Å². The third-order valence-electron chi connectivity index (χ3n) is 2.37. The summed E-state index contributed by atoms with van der Waals surface area (Å²) >= 11 is 1.32. The summed E-state index contributed by atoms with van der Waals surface area (Å²) in [5.74, 6) is -0.173. The van der Waals surface area contributed by atoms with Gasteiger partial charge in [0, 0.05) is 24.1 Å². The Hall–Kier alpha value is -1.73. The quantitative estimate of drug-likeness (QED) is 0.941. The smallest absolute Gasteiger partial charge is 0.223 e. The van der Waals surface area contributed by atoms with Crippen LogP contribution in [0.25, 0.3) is 11.3 Å². The Labute approximate surface area is 115 Å². The Bertz CT molecular complexity index is 703. The molecule has 1 heterocycles. The first-order valence-corrected chi connectivity index (χ1v) is 8.17. The molecule has 100 valence electrons. The van der Waals surface area contributed by atoms with Crippen LogP contribution in [0.5, 0.6) is 0 Å². The number of thiazole rings is 1. The summed E-state index contributed by atoms with van der Waals surface area (Å²) in [6.45, 7) is 1.42. The van der Waals surface area contributed by atoms with E-state index in [1.54, 1.807) is 29.6 Å². The van der Waals surface area contributed by atoms with Crippen LogP contribution >= 0.6 is 11.3 Å². The van der Waals surface area contributed by atoms with Crippen LogP contribution in [0.3, 0.4) is 0 Å². The van der Waals surface area contributed by atoms with Gasteiger partial charge in [0.1, 0.15) is 0 Å². The number of amides is 1. The number of carbonyl (C=O) groups excluding carboxylic acids is 1. The van der Waals surface area contributed by atoms with Crippen LogP contribution in [-0.4, -0.2) is 25.6 Å². The molecule has 0 saturated heterocycles. The van der Waals surface area contributed by atoms with Gasteiger partial charge in [0.25, 0.3) is 0 Å². The molecule has 0 bridgehead atoms. The summed E-state index contributed by atoms with van der Waals surface area (Å²) in [6.07, 6.45) is 1.17. The van der Waals surface area contributed by atoms with Gasteiger partial charge in [0.15, 0.2) is 15.0 Å². The molecule has 0 radical (unpaired) electrons. The van der Waals surface area contributed by atoms with Crippen molar-refractivity contribution in [3.8, 4) is 11.3 Å². The molecular formula is C12H12N2O3S2. The standard InChI is InChI=1S/C12H12N2O3S2/c1-8(15)13-12-14-11(7-18-12)9-3-5-10(6-4-9)19(2,16)17/h3-7H,1-2H3,(H,13,14,15). The summed E-state index contributed by atoms with van der Waals surface area (Å²) in [4.78, 5) is 15.4. The van der Waals surface area contributed by atoms with Crippen molar-refractivity contribution in [1.82, 2.24) is 4.98 Å². The predicted molar refractivity (Wildman–Crippen MR) is 75.0 cm³/mol. The molecule has 1 N–H and O–H groups in total. The molecule has 7 heteroatoms. The SMILES string of the molecule is CC(=O)Nc1nc(-c2ccc(S(C)(=O)=O)cc2)cs1. The molecule has 0 aliphatic rings. The van der Waals surface area contributed by atoms with E-state index in [0.29, 0.717) is 10.8 Å². The summed E-state index contributed by atoms with van der Waals surface area (Å²) in [5.41, 5.74) is 1.51. The molecule has 0 aliphatic carbocycles. The minimum absolute atomic E-state index is 0.173. The molecule has 0 aliphatic heterocycles. The van der Waals surface area contributed by atoms with Crippen molar-refractivity contribution in [1.29, 1.82) is 0 Å². The second-order valence-corrected chi connectivity index (χ2v) is 6.89. The van der Waals surface area contributed by atoms with Gasteiger partial charge in [0.05, 0.1) is 10.6 Å². The monoisotopic (exact) mass is 296 g/mol. The van der Waals surface area contributed by atoms with Gasteiger partial charge in [-0.15, -0.1) is 11.3 Å². The van der Waals surface area contributed by atoms with Crippen molar-refractivity contribution >= 4 is 32.2 Å². The fraction of sp³-hybridized carbons (Fsp3) is 0.167. The Morgan fingerprint density at radius 3 is 2.42 bits per heavy atom. The summed E-state index contributed by atoms with van der Waals surface area (Å²) < 4.78 is 22.7. The van der Waals surface area contributed by atoms with E-state index in [1.807, 2.05) is 0 Å². The highest BCUT2D eigenvalue weighted by molar-refractivity contribution is 7.90. The van der Waals surface area contributed by atoms with Gasteiger partial charge in [-0.05, 0) is 12.1 Å². The van der Waals surface area contributed by atoms with E-state index in [-0.39, 0.29) is 10.8 Å². The maximum Gasteiger partial charge on any atom is 0.223 e. The second kappa shape index (κ2) is 5.10. The number of rotatable bonds is 3. The highest BCUT2D eigenvalue weighted by atomic mass is 32.2. The zero-order valence-electron chi connectivity index (χ0n) is 10.4. The van der Waals surface area contributed by atoms with E-state index >= 15 is 0 Å². The number of nitrogens with one attached hydrogen (secondary N) is 1. The largest absolute Gasteiger partial charge is 0.302 e. The number of hydrogen-bond acceptors (Lipinski definition) is 5. The zero-order chi connectivity index (χ0) is 14.0. The molecule has 2 aromatic rings. The summed E-state index contributed by atoms with van der Waals surface area (Å²) in [5, 5.41) is 4.93. The van der Waals surface area contributed by atoms with E-state index < -0.39 is 9.84 Å². The Morgan fingerprint density at radius 2 is 1.89 bits per heavy atom. The molecular weight excluding hydrogens is 284 g/mol. The minimum atomic E-state index is -3.19. The number of nitrogens with zero attached hydrogens (tertiary/aromatic N) is 1. The van der Waals surface area contributed by atoms with E-state index in [1.165, 1.54) is 24.5 Å². The van der Waals surface area contributed by atoms with E-state index in [4.69, 9.17) is 0 Å². The third-order valence-corrected chi connectivity index (χ3v) is 4.25. The lowest BCUT2D eigenvalue weighted by Crippen LogP contribution is -2.04. The van der Waals surface area contributed by atoms with E-state index in [9.17, 15) is 13.2 Å². The van der Waals surface area contributed by atoms with Gasteiger partial charge in [-0.25, -0.2) is 13.4 Å². The first kappa shape index (κ1) is 13.7. The van der Waals surface area contributed by atoms with E-state index in [0.717, 1.165) is 5.56 Å². The highest BCUT2D eigenvalue weighted by Gasteiger charge is 2.09. The lowest BCUT2D eigenvalue weighted by atomic mass is 10.2. The molecule has 0 atom stereocenters. The molecule has 0 saturated carbocycles. The van der Waals surface area contributed by atoms with Crippen molar-refractivity contribution < 1.29 is 13.2 Å². The van der Waals surface area contributed by atoms with Crippen LogP contribution in [0.4, 0.5) is 5.13 Å². The minimum Gasteiger partial charge on any atom is -0.302 e. The number of anilines is 1. The molecule has 1 aromatic carbocycles. The van der Waals surface area contributed by atoms with Gasteiger partial charge >= 0.3 is 0 Å². The lowest BCUT2D eigenvalue weighted by molar-refractivity contribution is -0.114. The topological polar surface area (TPSA) is 76.1 Å². The normalized spacial score (nSPS) is 11.3. The van der Waals surface area contributed by atoms with Crippen LogP contribution in [0.2, 0.25) is 0 Å². The molecule has 19 heavy (non-hydrogen) atoms. The van der Waals surface area contributed by atoms with Crippen LogP contribution in [0.1, 0.15) is 6.92 Å². The van der Waals surface area contributed by atoms with Crippen molar-refractivity contribution in [2.45, 2.75) is 11.8 Å². The van der Waals surface area contributed by atoms with Crippen molar-refractivity contribution in [3.63, 3.8) is 0 Å². The summed E-state index contributed by atoms with van der Waals surface area (Å²) in [7, 11) is -3.19. The molecule has 0 unspecified atom stereocenters. The third kappa shape index (κ3) is 3.39. The average Bonchev–Trinajstić information content (AvgIpc) is 2.75. The molecule has 1 amide bonds. The number of benzene rings is 1. The molecule has 5 nitrogen and oxygen atoms in total. The van der Waals surface area contributed by atoms with Crippen molar-refractivity contribution in [2.24, 2.45) is 0 Å². The highest BCUT2D eigenvalue weighted by Crippen LogP contribution is 2.25. The van der Waals surface area contributed by atoms with Crippen LogP contribution in [0, 0.1) is 0 Å². The first-order chi connectivity index (χ1) is 8.86. The summed E-state index contributed by atoms with van der Waals surface area (Å²) in [6, 6.07) is 6.48. The predicted octanol–water partition coefficient (Wildman–Crippen LogP) is 2.17. The molecule has 1 aromatic heterocycles.